The topological polar surface area (TPSA) is 56.7 Å². The Bertz CT molecular complexity index is 450. The largest absolute Gasteiger partial charge is 0.330 e. The molecule has 1 heterocycles. The minimum atomic E-state index is 0.680. The first-order chi connectivity index (χ1) is 9.26. The third-order valence-corrected chi connectivity index (χ3v) is 5.87. The van der Waals surface area contributed by atoms with Crippen LogP contribution >= 0.6 is 0 Å². The summed E-state index contributed by atoms with van der Waals surface area (Å²) in [5.41, 5.74) is 8.32. The second-order valence-electron chi connectivity index (χ2n) is 7.04. The molecule has 4 bridgehead atoms. The van der Waals surface area contributed by atoms with Crippen LogP contribution in [0.25, 0.3) is 0 Å². The summed E-state index contributed by atoms with van der Waals surface area (Å²) in [5.74, 6) is 4.56. The molecule has 2 N–H and O–H groups in total. The fraction of sp³-hybridized carbons (Fsp3) is 0.867. The Labute approximate surface area is 114 Å². The summed E-state index contributed by atoms with van der Waals surface area (Å²) < 4.78 is 2.04. The van der Waals surface area contributed by atoms with Gasteiger partial charge in [0.25, 0.3) is 0 Å². The monoisotopic (exact) mass is 260 g/mol. The molecule has 4 nitrogen and oxygen atoms in total. The van der Waals surface area contributed by atoms with E-state index in [2.05, 4.69) is 17.4 Å². The van der Waals surface area contributed by atoms with E-state index < -0.39 is 0 Å². The molecule has 0 radical (unpaired) electrons. The summed E-state index contributed by atoms with van der Waals surface area (Å²) in [5, 5.41) is 8.65. The van der Waals surface area contributed by atoms with Crippen LogP contribution in [0.3, 0.4) is 0 Å². The van der Waals surface area contributed by atoms with Gasteiger partial charge in [0.2, 0.25) is 0 Å². The minimum absolute atomic E-state index is 0.680. The number of rotatable bonds is 3. The van der Waals surface area contributed by atoms with Crippen molar-refractivity contribution >= 4 is 0 Å². The molecule has 4 saturated carbocycles. The molecule has 0 aliphatic heterocycles. The van der Waals surface area contributed by atoms with Crippen LogP contribution in [0.2, 0.25) is 0 Å². The van der Waals surface area contributed by atoms with Gasteiger partial charge >= 0.3 is 0 Å². The molecule has 4 heteroatoms. The number of nitrogens with zero attached hydrogens (tertiary/aromatic N) is 3. The van der Waals surface area contributed by atoms with Gasteiger partial charge in [-0.3, -0.25) is 4.68 Å². The van der Waals surface area contributed by atoms with Gasteiger partial charge in [-0.25, -0.2) is 0 Å². The lowest BCUT2D eigenvalue weighted by Gasteiger charge is -2.54. The van der Waals surface area contributed by atoms with Crippen molar-refractivity contribution in [1.82, 2.24) is 15.0 Å². The van der Waals surface area contributed by atoms with Gasteiger partial charge in [0.05, 0.1) is 11.4 Å². The van der Waals surface area contributed by atoms with E-state index in [0.717, 1.165) is 30.1 Å². The lowest BCUT2D eigenvalue weighted by molar-refractivity contribution is -0.00562. The minimum Gasteiger partial charge on any atom is -0.330 e. The zero-order valence-electron chi connectivity index (χ0n) is 11.8. The average Bonchev–Trinajstić information content (AvgIpc) is 2.71. The van der Waals surface area contributed by atoms with Gasteiger partial charge < -0.3 is 5.73 Å². The standard InChI is InChI=1S/C15H24N4/c1-19-15(13(2-3-16)17-18-19)14-11-5-9-4-10(7-11)8-12(14)6-9/h9-12,14H,2-8,16H2,1H3. The van der Waals surface area contributed by atoms with E-state index in [4.69, 9.17) is 5.73 Å². The van der Waals surface area contributed by atoms with Crippen molar-refractivity contribution in [3.05, 3.63) is 11.4 Å². The van der Waals surface area contributed by atoms with Gasteiger partial charge in [-0.05, 0) is 62.3 Å². The lowest BCUT2D eigenvalue weighted by atomic mass is 9.51. The summed E-state index contributed by atoms with van der Waals surface area (Å²) in [7, 11) is 2.06. The van der Waals surface area contributed by atoms with Gasteiger partial charge in [-0.15, -0.1) is 5.10 Å². The molecular formula is C15H24N4. The van der Waals surface area contributed by atoms with Crippen molar-refractivity contribution < 1.29 is 0 Å². The van der Waals surface area contributed by atoms with Crippen LogP contribution in [0.1, 0.15) is 49.4 Å². The summed E-state index contributed by atoms with van der Waals surface area (Å²) in [4.78, 5) is 0. The van der Waals surface area contributed by atoms with Gasteiger partial charge in [0.15, 0.2) is 0 Å². The fourth-order valence-electron chi connectivity index (χ4n) is 5.50. The van der Waals surface area contributed by atoms with Crippen LogP contribution < -0.4 is 5.73 Å². The van der Waals surface area contributed by atoms with Crippen LogP contribution in [-0.4, -0.2) is 21.5 Å². The second-order valence-corrected chi connectivity index (χ2v) is 7.04. The molecule has 5 rings (SSSR count). The third kappa shape index (κ3) is 1.76. The number of hydrogen-bond acceptors (Lipinski definition) is 3. The molecule has 104 valence electrons. The Hall–Kier alpha value is -0.900. The van der Waals surface area contributed by atoms with E-state index in [9.17, 15) is 0 Å². The second kappa shape index (κ2) is 4.30. The van der Waals surface area contributed by atoms with Crippen molar-refractivity contribution in [2.24, 2.45) is 36.5 Å². The van der Waals surface area contributed by atoms with Crippen LogP contribution in [0.4, 0.5) is 0 Å². The third-order valence-electron chi connectivity index (χ3n) is 5.87. The van der Waals surface area contributed by atoms with Crippen LogP contribution in [0.15, 0.2) is 0 Å². The van der Waals surface area contributed by atoms with Gasteiger partial charge in [-0.2, -0.15) is 0 Å². The van der Waals surface area contributed by atoms with Crippen molar-refractivity contribution in [2.45, 2.75) is 44.4 Å². The highest BCUT2D eigenvalue weighted by atomic mass is 15.4. The molecule has 0 amide bonds. The maximum atomic E-state index is 5.74. The van der Waals surface area contributed by atoms with Gasteiger partial charge in [0.1, 0.15) is 0 Å². The molecular weight excluding hydrogens is 236 g/mol. The predicted octanol–water partition coefficient (Wildman–Crippen LogP) is 1.86. The molecule has 4 fully saturated rings. The summed E-state index contributed by atoms with van der Waals surface area (Å²) in [6.45, 7) is 0.680. The Kier molecular flexibility index (Phi) is 2.69. The van der Waals surface area contributed by atoms with Crippen LogP contribution in [-0.2, 0) is 13.5 Å². The molecule has 0 unspecified atom stereocenters. The smallest absolute Gasteiger partial charge is 0.0874 e. The summed E-state index contributed by atoms with van der Waals surface area (Å²) >= 11 is 0. The molecule has 0 saturated heterocycles. The van der Waals surface area contributed by atoms with Crippen LogP contribution in [0, 0.1) is 23.7 Å². The van der Waals surface area contributed by atoms with Gasteiger partial charge in [-0.1, -0.05) is 5.21 Å². The molecule has 0 spiro atoms. The summed E-state index contributed by atoms with van der Waals surface area (Å²) in [6.07, 6.45) is 8.19. The number of aryl methyl sites for hydroxylation is 1. The van der Waals surface area contributed by atoms with Crippen LogP contribution in [0.5, 0.6) is 0 Å². The highest BCUT2D eigenvalue weighted by Gasteiger charge is 2.50. The molecule has 4 aliphatic rings. The van der Waals surface area contributed by atoms with E-state index in [-0.39, 0.29) is 0 Å². The number of hydrogen-bond donors (Lipinski definition) is 1. The highest BCUT2D eigenvalue weighted by Crippen LogP contribution is 2.59. The predicted molar refractivity (Wildman–Crippen MR) is 73.5 cm³/mol. The molecule has 0 aromatic carbocycles. The van der Waals surface area contributed by atoms with Gasteiger partial charge in [0, 0.05) is 19.4 Å². The maximum Gasteiger partial charge on any atom is 0.0874 e. The number of aromatic nitrogens is 3. The molecule has 19 heavy (non-hydrogen) atoms. The SMILES string of the molecule is Cn1nnc(CCN)c1C1C2CC3CC(C2)CC1C3. The highest BCUT2D eigenvalue weighted by molar-refractivity contribution is 5.22. The van der Waals surface area contributed by atoms with Crippen molar-refractivity contribution in [1.29, 1.82) is 0 Å². The zero-order valence-corrected chi connectivity index (χ0v) is 11.8. The molecule has 1 aromatic heterocycles. The molecule has 4 aliphatic carbocycles. The number of nitrogens with two attached hydrogens (primary N) is 1. The van der Waals surface area contributed by atoms with Crippen molar-refractivity contribution in [3.63, 3.8) is 0 Å². The Morgan fingerprint density at radius 3 is 2.32 bits per heavy atom. The first-order valence-electron chi connectivity index (χ1n) is 7.84. The van der Waals surface area contributed by atoms with E-state index in [1.54, 1.807) is 0 Å². The maximum absolute atomic E-state index is 5.74. The zero-order chi connectivity index (χ0) is 13.0. The van der Waals surface area contributed by atoms with Crippen molar-refractivity contribution in [3.8, 4) is 0 Å². The average molecular weight is 260 g/mol. The van der Waals surface area contributed by atoms with E-state index in [1.165, 1.54) is 43.5 Å². The lowest BCUT2D eigenvalue weighted by Crippen LogP contribution is -2.44. The van der Waals surface area contributed by atoms with E-state index >= 15 is 0 Å². The first kappa shape index (κ1) is 11.9. The Morgan fingerprint density at radius 1 is 1.11 bits per heavy atom. The van der Waals surface area contributed by atoms with Crippen molar-refractivity contribution in [2.75, 3.05) is 6.54 Å². The Balaban J connectivity index is 1.70. The first-order valence-corrected chi connectivity index (χ1v) is 7.84. The molecule has 0 atom stereocenters. The fourth-order valence-corrected chi connectivity index (χ4v) is 5.50. The quantitative estimate of drug-likeness (QED) is 0.902. The summed E-state index contributed by atoms with van der Waals surface area (Å²) in [6, 6.07) is 0. The molecule has 1 aromatic rings. The normalized spacial score (nSPS) is 40.0. The Morgan fingerprint density at radius 2 is 1.74 bits per heavy atom. The van der Waals surface area contributed by atoms with E-state index in [1.807, 2.05) is 4.68 Å². The van der Waals surface area contributed by atoms with E-state index in [0.29, 0.717) is 12.5 Å².